The molecule has 0 heterocycles. The zero-order valence-electron chi connectivity index (χ0n) is 10.8. The number of nitrogens with two attached hydrogens (primary N) is 1. The normalized spacial score (nSPS) is 11.4. The number of nitrogen functional groups attached to an aromatic ring is 1. The lowest BCUT2D eigenvalue weighted by atomic mass is 10.1. The topological polar surface area (TPSA) is 66.6 Å². The third-order valence-electron chi connectivity index (χ3n) is 2.48. The molecule has 0 aliphatic rings. The summed E-state index contributed by atoms with van der Waals surface area (Å²) in [4.78, 5) is 13.3. The van der Waals surface area contributed by atoms with Gasteiger partial charge in [-0.1, -0.05) is 0 Å². The van der Waals surface area contributed by atoms with Gasteiger partial charge in [-0.2, -0.15) is 0 Å². The van der Waals surface area contributed by atoms with Crippen LogP contribution in [0.4, 0.5) is 11.4 Å². The van der Waals surface area contributed by atoms with E-state index in [1.165, 1.54) is 6.92 Å². The zero-order chi connectivity index (χ0) is 13.2. The number of nitrogens with zero attached hydrogens (tertiary/aromatic N) is 1. The van der Waals surface area contributed by atoms with Crippen molar-refractivity contribution in [3.8, 4) is 0 Å². The summed E-state index contributed by atoms with van der Waals surface area (Å²) in [7, 11) is 1.87. The Kier molecular flexibility index (Phi) is 3.78. The van der Waals surface area contributed by atoms with Gasteiger partial charge in [0.25, 0.3) is 0 Å². The molecule has 4 heteroatoms. The number of anilines is 2. The first kappa shape index (κ1) is 13.5. The van der Waals surface area contributed by atoms with Crippen molar-refractivity contribution in [2.75, 3.05) is 24.2 Å². The van der Waals surface area contributed by atoms with Gasteiger partial charge >= 0.3 is 0 Å². The third kappa shape index (κ3) is 3.75. The number of likely N-dealkylation sites (N-methyl/N-ethyl adjacent to an activating group) is 1. The quantitative estimate of drug-likeness (QED) is 0.616. The highest BCUT2D eigenvalue weighted by atomic mass is 16.3. The first-order valence-electron chi connectivity index (χ1n) is 5.55. The van der Waals surface area contributed by atoms with Gasteiger partial charge in [0.15, 0.2) is 5.78 Å². The van der Waals surface area contributed by atoms with E-state index in [9.17, 15) is 9.90 Å². The second-order valence-electron chi connectivity index (χ2n) is 5.00. The van der Waals surface area contributed by atoms with E-state index >= 15 is 0 Å². The van der Waals surface area contributed by atoms with Crippen LogP contribution >= 0.6 is 0 Å². The van der Waals surface area contributed by atoms with Crippen molar-refractivity contribution in [3.05, 3.63) is 23.8 Å². The van der Waals surface area contributed by atoms with Gasteiger partial charge in [-0.25, -0.2) is 0 Å². The van der Waals surface area contributed by atoms with Crippen molar-refractivity contribution in [3.63, 3.8) is 0 Å². The van der Waals surface area contributed by atoms with Crippen LogP contribution in [0, 0.1) is 0 Å². The largest absolute Gasteiger partial charge is 0.398 e. The molecule has 0 aromatic heterocycles. The number of carbonyl (C=O) groups is 1. The molecule has 0 fully saturated rings. The summed E-state index contributed by atoms with van der Waals surface area (Å²) in [6.45, 7) is 5.46. The Bertz CT molecular complexity index is 422. The van der Waals surface area contributed by atoms with Crippen LogP contribution in [0.1, 0.15) is 31.1 Å². The van der Waals surface area contributed by atoms with E-state index < -0.39 is 5.60 Å². The van der Waals surface area contributed by atoms with Crippen molar-refractivity contribution in [2.24, 2.45) is 0 Å². The van der Waals surface area contributed by atoms with Gasteiger partial charge < -0.3 is 15.7 Å². The maximum Gasteiger partial charge on any atom is 0.161 e. The highest BCUT2D eigenvalue weighted by Crippen LogP contribution is 2.22. The van der Waals surface area contributed by atoms with Crippen LogP contribution in [0.2, 0.25) is 0 Å². The van der Waals surface area contributed by atoms with Gasteiger partial charge in [-0.05, 0) is 39.0 Å². The number of hydrogen-bond acceptors (Lipinski definition) is 4. The second-order valence-corrected chi connectivity index (χ2v) is 5.00. The third-order valence-corrected chi connectivity index (χ3v) is 2.48. The van der Waals surface area contributed by atoms with Crippen LogP contribution in [0.15, 0.2) is 18.2 Å². The molecule has 0 amide bonds. The Morgan fingerprint density at radius 3 is 2.53 bits per heavy atom. The lowest BCUT2D eigenvalue weighted by Gasteiger charge is -2.27. The highest BCUT2D eigenvalue weighted by molar-refractivity contribution is 6.00. The molecule has 0 aliphatic heterocycles. The number of ketones is 1. The maximum atomic E-state index is 11.4. The van der Waals surface area contributed by atoms with E-state index in [0.29, 0.717) is 17.8 Å². The Labute approximate surface area is 102 Å². The molecule has 1 rings (SSSR count). The van der Waals surface area contributed by atoms with E-state index in [1.807, 2.05) is 18.0 Å². The summed E-state index contributed by atoms with van der Waals surface area (Å²) < 4.78 is 0. The van der Waals surface area contributed by atoms with Crippen molar-refractivity contribution in [2.45, 2.75) is 26.4 Å². The van der Waals surface area contributed by atoms with Gasteiger partial charge in [0.05, 0.1) is 5.60 Å². The SMILES string of the molecule is CC(=O)c1cc(N(C)CC(C)(C)O)ccc1N. The molecule has 0 aliphatic carbocycles. The monoisotopic (exact) mass is 236 g/mol. The summed E-state index contributed by atoms with van der Waals surface area (Å²) >= 11 is 0. The molecule has 3 N–H and O–H groups in total. The van der Waals surface area contributed by atoms with Gasteiger partial charge in [-0.3, -0.25) is 4.79 Å². The molecule has 0 unspecified atom stereocenters. The van der Waals surface area contributed by atoms with E-state index in [4.69, 9.17) is 5.73 Å². The predicted octanol–water partition coefficient (Wildman–Crippen LogP) is 1.68. The van der Waals surface area contributed by atoms with Gasteiger partial charge in [0.1, 0.15) is 0 Å². The van der Waals surface area contributed by atoms with Crippen molar-refractivity contribution in [1.29, 1.82) is 0 Å². The molecule has 0 atom stereocenters. The zero-order valence-corrected chi connectivity index (χ0v) is 10.8. The summed E-state index contributed by atoms with van der Waals surface area (Å²) in [6, 6.07) is 5.31. The van der Waals surface area contributed by atoms with Crippen LogP contribution in [0.3, 0.4) is 0 Å². The minimum absolute atomic E-state index is 0.0546. The highest BCUT2D eigenvalue weighted by Gasteiger charge is 2.17. The second kappa shape index (κ2) is 4.75. The maximum absolute atomic E-state index is 11.4. The van der Waals surface area contributed by atoms with E-state index in [0.717, 1.165) is 5.69 Å². The fraction of sp³-hybridized carbons (Fsp3) is 0.462. The first-order valence-corrected chi connectivity index (χ1v) is 5.55. The molecule has 1 aromatic carbocycles. The number of carbonyl (C=O) groups excluding carboxylic acids is 1. The van der Waals surface area contributed by atoms with E-state index in [2.05, 4.69) is 0 Å². The first-order chi connectivity index (χ1) is 7.70. The van der Waals surface area contributed by atoms with Crippen LogP contribution in [0.25, 0.3) is 0 Å². The van der Waals surface area contributed by atoms with E-state index in [1.54, 1.807) is 26.0 Å². The van der Waals surface area contributed by atoms with Crippen molar-refractivity contribution < 1.29 is 9.90 Å². The lowest BCUT2D eigenvalue weighted by Crippen LogP contribution is -2.36. The molecule has 0 bridgehead atoms. The van der Waals surface area contributed by atoms with Crippen LogP contribution < -0.4 is 10.6 Å². The molecule has 0 saturated heterocycles. The number of aliphatic hydroxyl groups is 1. The van der Waals surface area contributed by atoms with E-state index in [-0.39, 0.29) is 5.78 Å². The fourth-order valence-electron chi connectivity index (χ4n) is 1.76. The molecule has 0 radical (unpaired) electrons. The number of Topliss-reactive ketones (excluding diaryl/α,β-unsaturated/α-hetero) is 1. The Hall–Kier alpha value is -1.55. The number of benzene rings is 1. The smallest absolute Gasteiger partial charge is 0.161 e. The minimum Gasteiger partial charge on any atom is -0.398 e. The average molecular weight is 236 g/mol. The van der Waals surface area contributed by atoms with Crippen LogP contribution in [-0.2, 0) is 0 Å². The summed E-state index contributed by atoms with van der Waals surface area (Å²) in [5.74, 6) is -0.0546. The number of hydrogen-bond donors (Lipinski definition) is 2. The molecular weight excluding hydrogens is 216 g/mol. The molecule has 94 valence electrons. The molecule has 17 heavy (non-hydrogen) atoms. The average Bonchev–Trinajstić information content (AvgIpc) is 2.14. The Morgan fingerprint density at radius 1 is 1.47 bits per heavy atom. The fourth-order valence-corrected chi connectivity index (χ4v) is 1.76. The van der Waals surface area contributed by atoms with Gasteiger partial charge in [-0.15, -0.1) is 0 Å². The minimum atomic E-state index is -0.785. The molecule has 0 saturated carbocycles. The molecule has 1 aromatic rings. The summed E-state index contributed by atoms with van der Waals surface area (Å²) in [6.07, 6.45) is 0. The molecular formula is C13H20N2O2. The number of rotatable bonds is 4. The lowest BCUT2D eigenvalue weighted by molar-refractivity contribution is 0.0886. The molecule has 0 spiro atoms. The van der Waals surface area contributed by atoms with Crippen LogP contribution in [-0.4, -0.2) is 30.1 Å². The van der Waals surface area contributed by atoms with Gasteiger partial charge in [0.2, 0.25) is 0 Å². The Morgan fingerprint density at radius 2 is 2.06 bits per heavy atom. The Balaban J connectivity index is 3.00. The van der Waals surface area contributed by atoms with Crippen LogP contribution in [0.5, 0.6) is 0 Å². The van der Waals surface area contributed by atoms with Gasteiger partial charge in [0, 0.05) is 30.5 Å². The van der Waals surface area contributed by atoms with Crippen molar-refractivity contribution >= 4 is 17.2 Å². The standard InChI is InChI=1S/C13H20N2O2/c1-9(16)11-7-10(5-6-12(11)14)15(4)8-13(2,3)17/h5-7,17H,8,14H2,1-4H3. The summed E-state index contributed by atoms with van der Waals surface area (Å²) in [5.41, 5.74) is 6.81. The summed E-state index contributed by atoms with van der Waals surface area (Å²) in [5, 5.41) is 9.75. The molecule has 4 nitrogen and oxygen atoms in total. The predicted molar refractivity (Wildman–Crippen MR) is 70.4 cm³/mol. The van der Waals surface area contributed by atoms with Crippen molar-refractivity contribution in [1.82, 2.24) is 0 Å².